The average Bonchev–Trinajstić information content (AvgIpc) is 3.25. The summed E-state index contributed by atoms with van der Waals surface area (Å²) in [7, 11) is 3.35. The molecule has 31 heavy (non-hydrogen) atoms. The molecule has 2 aliphatic heterocycles. The van der Waals surface area contributed by atoms with Crippen LogP contribution in [0.15, 0.2) is 66.2 Å². The van der Waals surface area contributed by atoms with Crippen LogP contribution in [-0.2, 0) is 9.59 Å². The van der Waals surface area contributed by atoms with Crippen LogP contribution >= 0.6 is 0 Å². The SMILES string of the molecule is CN1C(=O)C(=Cc2ccc(N3c4ccccc4[Te]c4ccccc43)[se]2)C(=O)N(C)C1=[Se]. The topological polar surface area (TPSA) is 43.9 Å². The van der Waals surface area contributed by atoms with Crippen LogP contribution < -0.4 is 12.1 Å². The van der Waals surface area contributed by atoms with Gasteiger partial charge in [0.15, 0.2) is 0 Å². The molecule has 154 valence electrons. The van der Waals surface area contributed by atoms with Crippen molar-refractivity contribution in [3.63, 3.8) is 0 Å². The van der Waals surface area contributed by atoms with Gasteiger partial charge in [0, 0.05) is 0 Å². The first kappa shape index (κ1) is 21.0. The van der Waals surface area contributed by atoms with Crippen molar-refractivity contribution >= 4 is 96.7 Å². The zero-order chi connectivity index (χ0) is 21.7. The van der Waals surface area contributed by atoms with E-state index < -0.39 is 20.9 Å². The number of fused-ring (bicyclic) bond motifs is 2. The number of carbonyl (C=O) groups is 2. The summed E-state index contributed by atoms with van der Waals surface area (Å²) in [5.41, 5.74) is 2.71. The number of likely N-dealkylation sites (N-methyl/N-ethyl adjacent to an activating group) is 2. The number of anilines is 3. The average molecular weight is 653 g/mol. The molecule has 0 saturated carbocycles. The van der Waals surface area contributed by atoms with E-state index >= 15 is 0 Å². The Hall–Kier alpha value is -1.90. The number of hydrogen-bond acceptors (Lipinski definition) is 3. The number of rotatable bonds is 2. The van der Waals surface area contributed by atoms with Crippen molar-refractivity contribution in [2.75, 3.05) is 19.0 Å². The summed E-state index contributed by atoms with van der Waals surface area (Å²) in [6.07, 6.45) is 1.77. The second-order valence-corrected chi connectivity index (χ2v) is 13.3. The van der Waals surface area contributed by atoms with E-state index in [4.69, 9.17) is 0 Å². The van der Waals surface area contributed by atoms with Gasteiger partial charge in [0.05, 0.1) is 0 Å². The van der Waals surface area contributed by atoms with E-state index in [1.54, 1.807) is 20.2 Å². The molecule has 5 nitrogen and oxygen atoms in total. The zero-order valence-electron chi connectivity index (χ0n) is 16.7. The van der Waals surface area contributed by atoms with Crippen molar-refractivity contribution in [2.24, 2.45) is 0 Å². The van der Waals surface area contributed by atoms with Gasteiger partial charge in [-0.15, -0.1) is 0 Å². The molecule has 0 aliphatic carbocycles. The number of para-hydroxylation sites is 2. The fraction of sp³-hybridized carbons (Fsp3) is 0.0870. The van der Waals surface area contributed by atoms with Gasteiger partial charge in [-0.3, -0.25) is 0 Å². The fourth-order valence-electron chi connectivity index (χ4n) is 3.60. The molecule has 3 aromatic rings. The second kappa shape index (κ2) is 8.22. The first-order chi connectivity index (χ1) is 15.0. The predicted octanol–water partition coefficient (Wildman–Crippen LogP) is 0.751. The predicted molar refractivity (Wildman–Crippen MR) is 127 cm³/mol. The minimum absolute atomic E-state index is 0.0227. The fourth-order valence-corrected chi connectivity index (χ4v) is 9.02. The Bertz CT molecular complexity index is 1210. The number of benzene rings is 2. The van der Waals surface area contributed by atoms with Crippen molar-refractivity contribution in [1.29, 1.82) is 0 Å². The third-order valence-electron chi connectivity index (χ3n) is 5.20. The van der Waals surface area contributed by atoms with Gasteiger partial charge < -0.3 is 0 Å². The molecule has 0 N–H and O–H groups in total. The molecule has 0 radical (unpaired) electrons. The maximum atomic E-state index is 12.7. The van der Waals surface area contributed by atoms with Crippen molar-refractivity contribution in [1.82, 2.24) is 9.80 Å². The molecule has 1 fully saturated rings. The summed E-state index contributed by atoms with van der Waals surface area (Å²) in [6, 6.07) is 21.4. The second-order valence-electron chi connectivity index (χ2n) is 7.12. The van der Waals surface area contributed by atoms with Crippen molar-refractivity contribution in [3.05, 3.63) is 70.7 Å². The summed E-state index contributed by atoms with van der Waals surface area (Å²) in [4.78, 5) is 30.7. The van der Waals surface area contributed by atoms with Crippen LogP contribution in [0.4, 0.5) is 15.9 Å². The molecular weight excluding hydrogens is 636 g/mol. The Balaban J connectivity index is 1.57. The maximum absolute atomic E-state index is 12.7. The van der Waals surface area contributed by atoms with Gasteiger partial charge in [-0.25, -0.2) is 0 Å². The molecule has 2 amide bonds. The Morgan fingerprint density at radius 3 is 1.97 bits per heavy atom. The number of carbonyl (C=O) groups excluding carboxylic acids is 2. The van der Waals surface area contributed by atoms with Crippen LogP contribution in [0.3, 0.4) is 0 Å². The molecule has 1 aromatic heterocycles. The van der Waals surface area contributed by atoms with Gasteiger partial charge in [-0.05, 0) is 0 Å². The minimum atomic E-state index is -0.424. The molecule has 3 heterocycles. The van der Waals surface area contributed by atoms with Crippen molar-refractivity contribution in [2.45, 2.75) is 0 Å². The molecular formula is C23H17N3O2Se2Te. The third kappa shape index (κ3) is 3.58. The van der Waals surface area contributed by atoms with E-state index in [0.29, 0.717) is 4.67 Å². The van der Waals surface area contributed by atoms with Gasteiger partial charge in [0.25, 0.3) is 0 Å². The Morgan fingerprint density at radius 2 is 1.39 bits per heavy atom. The van der Waals surface area contributed by atoms with E-state index in [0.717, 1.165) is 4.44 Å². The standard InChI is InChI=1S/C23H17N3O2Se2Te/c1-24-21(27)15(22(28)25(2)23(24)29)13-14-11-12-20(30-14)26-16-7-3-5-9-18(16)31-19-10-6-4-8-17(19)26/h3-13H,1-2H3. The quantitative estimate of drug-likeness (QED) is 0.183. The van der Waals surface area contributed by atoms with Crippen LogP contribution in [0.25, 0.3) is 6.08 Å². The van der Waals surface area contributed by atoms with E-state index in [1.165, 1.54) is 33.0 Å². The van der Waals surface area contributed by atoms with Gasteiger partial charge in [0.1, 0.15) is 0 Å². The molecule has 2 aromatic carbocycles. The third-order valence-corrected chi connectivity index (χ3v) is 11.7. The summed E-state index contributed by atoms with van der Waals surface area (Å²) in [5.74, 6) is -0.553. The Labute approximate surface area is 204 Å². The first-order valence-corrected chi connectivity index (χ1v) is 14.4. The van der Waals surface area contributed by atoms with Gasteiger partial charge in [0.2, 0.25) is 0 Å². The van der Waals surface area contributed by atoms with Crippen LogP contribution in [0.2, 0.25) is 0 Å². The summed E-state index contributed by atoms with van der Waals surface area (Å²) < 4.78 is 5.60. The first-order valence-electron chi connectivity index (χ1n) is 9.53. The van der Waals surface area contributed by atoms with Crippen LogP contribution in [0.5, 0.6) is 0 Å². The zero-order valence-corrected chi connectivity index (χ0v) is 22.5. The number of amides is 2. The van der Waals surface area contributed by atoms with Crippen LogP contribution in [0.1, 0.15) is 4.44 Å². The van der Waals surface area contributed by atoms with Crippen molar-refractivity contribution < 1.29 is 9.59 Å². The number of nitrogens with zero attached hydrogens (tertiary/aromatic N) is 3. The van der Waals surface area contributed by atoms with Crippen LogP contribution in [-0.4, -0.2) is 91.4 Å². The molecule has 2 aliphatic rings. The van der Waals surface area contributed by atoms with Gasteiger partial charge >= 0.3 is 206 Å². The molecule has 0 bridgehead atoms. The molecule has 1 saturated heterocycles. The summed E-state index contributed by atoms with van der Waals surface area (Å²) >= 11 is 2.35. The Morgan fingerprint density at radius 1 is 0.839 bits per heavy atom. The molecule has 8 heteroatoms. The van der Waals surface area contributed by atoms with Crippen molar-refractivity contribution in [3.8, 4) is 0 Å². The van der Waals surface area contributed by atoms with E-state index in [-0.39, 0.29) is 31.9 Å². The molecule has 0 unspecified atom stereocenters. The molecule has 0 spiro atoms. The summed E-state index contributed by atoms with van der Waals surface area (Å²) in [6.45, 7) is 0. The van der Waals surface area contributed by atoms with E-state index in [9.17, 15) is 9.59 Å². The van der Waals surface area contributed by atoms with E-state index in [1.807, 2.05) is 6.07 Å². The number of hydrogen-bond donors (Lipinski definition) is 0. The molecule has 0 atom stereocenters. The van der Waals surface area contributed by atoms with E-state index in [2.05, 4.69) is 75.1 Å². The van der Waals surface area contributed by atoms with Gasteiger partial charge in [-0.1, -0.05) is 0 Å². The monoisotopic (exact) mass is 657 g/mol. The Kier molecular flexibility index (Phi) is 5.56. The summed E-state index contributed by atoms with van der Waals surface area (Å²) in [5, 5.41) is 0. The molecule has 5 rings (SSSR count). The van der Waals surface area contributed by atoms with Gasteiger partial charge in [-0.2, -0.15) is 0 Å². The van der Waals surface area contributed by atoms with Crippen LogP contribution in [0, 0.1) is 0 Å². The normalized spacial score (nSPS) is 15.9.